The summed E-state index contributed by atoms with van der Waals surface area (Å²) in [5.41, 5.74) is 0.0103. The number of methoxy groups -OCH3 is 1. The Hall–Kier alpha value is -1.51. The molecule has 23 heavy (non-hydrogen) atoms. The fraction of sp³-hybridized carbons (Fsp3) is 0.571. The summed E-state index contributed by atoms with van der Waals surface area (Å²) in [6.45, 7) is 1.93. The quantitative estimate of drug-likeness (QED) is 0.646. The predicted octanol–water partition coefficient (Wildman–Crippen LogP) is 5.00. The number of benzene rings is 1. The molecule has 0 aromatic heterocycles. The first-order valence-electron chi connectivity index (χ1n) is 6.54. The molecule has 0 aliphatic carbocycles. The number of rotatable bonds is 7. The normalized spacial score (nSPS) is 14.7. The van der Waals surface area contributed by atoms with Crippen molar-refractivity contribution in [3.05, 3.63) is 29.8 Å². The smallest absolute Gasteiger partial charge is 0.459 e. The Morgan fingerprint density at radius 2 is 1.65 bits per heavy atom. The highest BCUT2D eigenvalue weighted by Gasteiger charge is 2.73. The Balaban J connectivity index is 3.05. The molecule has 0 bridgehead atoms. The third kappa shape index (κ3) is 4.27. The minimum absolute atomic E-state index is 0.0103. The van der Waals surface area contributed by atoms with Crippen LogP contribution in [0, 0.1) is 0 Å². The molecular formula is C14H15F7O2. The molecule has 0 heterocycles. The van der Waals surface area contributed by atoms with Crippen LogP contribution in [0.2, 0.25) is 0 Å². The van der Waals surface area contributed by atoms with Gasteiger partial charge in [0, 0.05) is 13.5 Å². The molecule has 0 saturated carbocycles. The van der Waals surface area contributed by atoms with Crippen LogP contribution in [0.1, 0.15) is 25.0 Å². The van der Waals surface area contributed by atoms with Crippen LogP contribution >= 0.6 is 0 Å². The molecule has 0 saturated heterocycles. The third-order valence-electron chi connectivity index (χ3n) is 3.08. The van der Waals surface area contributed by atoms with Crippen molar-refractivity contribution < 1.29 is 40.2 Å². The van der Waals surface area contributed by atoms with Crippen LogP contribution in [0.3, 0.4) is 0 Å². The van der Waals surface area contributed by atoms with E-state index in [0.29, 0.717) is 0 Å². The molecule has 1 aromatic carbocycles. The van der Waals surface area contributed by atoms with Gasteiger partial charge in [0.25, 0.3) is 0 Å². The molecular weight excluding hydrogens is 333 g/mol. The molecule has 0 radical (unpaired) electrons. The van der Waals surface area contributed by atoms with Gasteiger partial charge < -0.3 is 9.47 Å². The first kappa shape index (κ1) is 19.5. The van der Waals surface area contributed by atoms with Crippen molar-refractivity contribution in [1.82, 2.24) is 0 Å². The zero-order valence-electron chi connectivity index (χ0n) is 12.3. The van der Waals surface area contributed by atoms with Gasteiger partial charge in [0.05, 0.1) is 12.7 Å². The third-order valence-corrected chi connectivity index (χ3v) is 3.08. The number of ether oxygens (including phenoxy) is 2. The predicted molar refractivity (Wildman–Crippen MR) is 67.9 cm³/mol. The summed E-state index contributed by atoms with van der Waals surface area (Å²) in [5.74, 6) is -11.2. The second-order valence-corrected chi connectivity index (χ2v) is 4.71. The Kier molecular flexibility index (Phi) is 5.89. The van der Waals surface area contributed by atoms with E-state index in [9.17, 15) is 30.7 Å². The van der Waals surface area contributed by atoms with Gasteiger partial charge in [-0.1, -0.05) is 12.1 Å². The van der Waals surface area contributed by atoms with Crippen LogP contribution in [0.15, 0.2) is 24.3 Å². The lowest BCUT2D eigenvalue weighted by Crippen LogP contribution is -2.52. The van der Waals surface area contributed by atoms with E-state index in [1.807, 2.05) is 0 Å². The minimum atomic E-state index is -6.36. The molecule has 132 valence electrons. The number of alkyl halides is 7. The van der Waals surface area contributed by atoms with Crippen LogP contribution < -0.4 is 4.74 Å². The van der Waals surface area contributed by atoms with E-state index in [0.717, 1.165) is 7.11 Å². The van der Waals surface area contributed by atoms with Crippen molar-refractivity contribution in [3.63, 3.8) is 0 Å². The van der Waals surface area contributed by atoms with E-state index < -0.39 is 30.5 Å². The molecule has 1 unspecified atom stereocenters. The van der Waals surface area contributed by atoms with Crippen LogP contribution in [-0.2, 0) is 4.74 Å². The Morgan fingerprint density at radius 1 is 1.04 bits per heavy atom. The van der Waals surface area contributed by atoms with Crippen LogP contribution in [-0.4, -0.2) is 31.7 Å². The standard InChI is InChI=1S/C14H15F7O2/c1-3-23-10-6-4-5-9(7-10)11(22-2)8-12(15,16)13(17,18)14(19,20)21/h4-7,11H,3,8H2,1-2H3. The average Bonchev–Trinajstić information content (AvgIpc) is 2.44. The summed E-state index contributed by atoms with van der Waals surface area (Å²) in [6.07, 6.45) is -9.84. The van der Waals surface area contributed by atoms with Gasteiger partial charge in [-0.3, -0.25) is 0 Å². The number of halogens is 7. The van der Waals surface area contributed by atoms with E-state index >= 15 is 0 Å². The van der Waals surface area contributed by atoms with Gasteiger partial charge in [-0.05, 0) is 24.6 Å². The van der Waals surface area contributed by atoms with E-state index in [-0.39, 0.29) is 17.9 Å². The van der Waals surface area contributed by atoms with E-state index in [1.54, 1.807) is 6.92 Å². The van der Waals surface area contributed by atoms with Crippen LogP contribution in [0.25, 0.3) is 0 Å². The highest BCUT2D eigenvalue weighted by molar-refractivity contribution is 5.30. The van der Waals surface area contributed by atoms with Crippen molar-refractivity contribution >= 4 is 0 Å². The molecule has 2 nitrogen and oxygen atoms in total. The first-order chi connectivity index (χ1) is 10.5. The second-order valence-electron chi connectivity index (χ2n) is 4.71. The van der Waals surface area contributed by atoms with Gasteiger partial charge in [-0.2, -0.15) is 30.7 Å². The average molecular weight is 348 g/mol. The molecule has 1 aromatic rings. The van der Waals surface area contributed by atoms with Gasteiger partial charge in [-0.15, -0.1) is 0 Å². The summed E-state index contributed by atoms with van der Waals surface area (Å²) in [4.78, 5) is 0. The highest BCUT2D eigenvalue weighted by Crippen LogP contribution is 2.50. The monoisotopic (exact) mass is 348 g/mol. The lowest BCUT2D eigenvalue weighted by atomic mass is 9.98. The molecule has 0 aliphatic rings. The maximum absolute atomic E-state index is 13.5. The fourth-order valence-electron chi connectivity index (χ4n) is 1.88. The summed E-state index contributed by atoms with van der Waals surface area (Å²) >= 11 is 0. The molecule has 0 fully saturated rings. The molecule has 0 aliphatic heterocycles. The molecule has 0 amide bonds. The summed E-state index contributed by atoms with van der Waals surface area (Å²) in [5, 5.41) is 0. The maximum atomic E-state index is 13.5. The van der Waals surface area contributed by atoms with Crippen molar-refractivity contribution in [2.24, 2.45) is 0 Å². The van der Waals surface area contributed by atoms with Crippen LogP contribution in [0.5, 0.6) is 5.75 Å². The van der Waals surface area contributed by atoms with Crippen molar-refractivity contribution in [2.45, 2.75) is 37.5 Å². The molecule has 0 N–H and O–H groups in total. The lowest BCUT2D eigenvalue weighted by molar-refractivity contribution is -0.358. The van der Waals surface area contributed by atoms with Gasteiger partial charge in [0.2, 0.25) is 0 Å². The Labute approximate surface area is 128 Å². The zero-order chi connectivity index (χ0) is 17.9. The zero-order valence-corrected chi connectivity index (χ0v) is 12.3. The molecule has 1 atom stereocenters. The maximum Gasteiger partial charge on any atom is 0.459 e. The second kappa shape index (κ2) is 6.94. The van der Waals surface area contributed by atoms with E-state index in [4.69, 9.17) is 4.74 Å². The van der Waals surface area contributed by atoms with Gasteiger partial charge >= 0.3 is 18.0 Å². The lowest BCUT2D eigenvalue weighted by Gasteiger charge is -2.30. The topological polar surface area (TPSA) is 18.5 Å². The number of hydrogen-bond acceptors (Lipinski definition) is 2. The molecule has 1 rings (SSSR count). The van der Waals surface area contributed by atoms with Crippen LogP contribution in [0.4, 0.5) is 30.7 Å². The SMILES string of the molecule is CCOc1cccc(C(CC(F)(F)C(F)(F)C(F)(F)F)OC)c1. The first-order valence-corrected chi connectivity index (χ1v) is 6.54. The Morgan fingerprint density at radius 3 is 2.13 bits per heavy atom. The van der Waals surface area contributed by atoms with Gasteiger partial charge in [0.1, 0.15) is 5.75 Å². The number of hydrogen-bond donors (Lipinski definition) is 0. The minimum Gasteiger partial charge on any atom is -0.494 e. The summed E-state index contributed by atoms with van der Waals surface area (Å²) in [7, 11) is 0.944. The molecule has 9 heteroatoms. The van der Waals surface area contributed by atoms with Crippen molar-refractivity contribution in [3.8, 4) is 5.75 Å². The van der Waals surface area contributed by atoms with Crippen molar-refractivity contribution in [1.29, 1.82) is 0 Å². The van der Waals surface area contributed by atoms with E-state index in [1.165, 1.54) is 24.3 Å². The summed E-state index contributed by atoms with van der Waals surface area (Å²) < 4.78 is 99.2. The molecule has 0 spiro atoms. The highest BCUT2D eigenvalue weighted by atomic mass is 19.4. The van der Waals surface area contributed by atoms with Gasteiger partial charge in [0.15, 0.2) is 0 Å². The fourth-order valence-corrected chi connectivity index (χ4v) is 1.88. The largest absolute Gasteiger partial charge is 0.494 e. The van der Waals surface area contributed by atoms with E-state index in [2.05, 4.69) is 4.74 Å². The Bertz CT molecular complexity index is 514. The van der Waals surface area contributed by atoms with Gasteiger partial charge in [-0.25, -0.2) is 0 Å². The van der Waals surface area contributed by atoms with Crippen molar-refractivity contribution in [2.75, 3.05) is 13.7 Å². The summed E-state index contributed by atoms with van der Waals surface area (Å²) in [6, 6.07) is 5.41.